The summed E-state index contributed by atoms with van der Waals surface area (Å²) < 4.78 is 8.88. The van der Waals surface area contributed by atoms with Crippen LogP contribution in [0.2, 0.25) is 0 Å². The molecule has 0 aliphatic rings. The molecule has 0 bridgehead atoms. The molecule has 0 fully saturated rings. The number of phosphoric acid groups is 1. The zero-order valence-corrected chi connectivity index (χ0v) is 5.79. The molecule has 4 nitrogen and oxygen atoms in total. The molecule has 9 heteroatoms. The molecule has 0 saturated heterocycles. The van der Waals surface area contributed by atoms with Gasteiger partial charge in [-0.25, -0.2) is 4.57 Å². The van der Waals surface area contributed by atoms with Crippen LogP contribution in [-0.2, 0) is 38.7 Å². The van der Waals surface area contributed by atoms with E-state index in [1.54, 1.807) is 0 Å². The maximum atomic E-state index is 8.88. The van der Waals surface area contributed by atoms with Crippen molar-refractivity contribution in [2.75, 3.05) is 0 Å². The molecule has 0 aromatic heterocycles. The van der Waals surface area contributed by atoms with E-state index in [1.165, 1.54) is 0 Å². The van der Waals surface area contributed by atoms with Crippen LogP contribution < -0.4 is 0 Å². The number of hydrogen-bond acceptors (Lipinski definition) is 1. The van der Waals surface area contributed by atoms with Crippen LogP contribution >= 0.6 is 7.82 Å². The first-order valence-electron chi connectivity index (χ1n) is 0.783. The van der Waals surface area contributed by atoms with Gasteiger partial charge in [0.15, 0.2) is 17.4 Å². The summed E-state index contributed by atoms with van der Waals surface area (Å²) in [6.07, 6.45) is 0. The van der Waals surface area contributed by atoms with Crippen molar-refractivity contribution in [3.63, 3.8) is 0 Å². The fourth-order valence-corrected chi connectivity index (χ4v) is 0. The summed E-state index contributed by atoms with van der Waals surface area (Å²) in [5.41, 5.74) is 0. The Morgan fingerprint density at radius 2 is 1.11 bits per heavy atom. The molecule has 0 spiro atoms. The molecule has 0 aliphatic heterocycles. The third-order valence-corrected chi connectivity index (χ3v) is 0. The van der Waals surface area contributed by atoms with Gasteiger partial charge in [0.05, 0.1) is 0 Å². The summed E-state index contributed by atoms with van der Waals surface area (Å²) in [7, 11) is -4.64. The van der Waals surface area contributed by atoms with Gasteiger partial charge in [-0.1, -0.05) is 0 Å². The van der Waals surface area contributed by atoms with Crippen molar-refractivity contribution in [3.8, 4) is 0 Å². The summed E-state index contributed by atoms with van der Waals surface area (Å²) in [6, 6.07) is 0. The molecule has 3 N–H and O–H groups in total. The van der Waals surface area contributed by atoms with E-state index in [0.29, 0.717) is 0 Å². The van der Waals surface area contributed by atoms with Crippen LogP contribution in [0.3, 0.4) is 0 Å². The summed E-state index contributed by atoms with van der Waals surface area (Å²) >= 11 is 0. The van der Waals surface area contributed by atoms with Gasteiger partial charge < -0.3 is 14.7 Å². The van der Waals surface area contributed by atoms with Gasteiger partial charge in [-0.2, -0.15) is 0 Å². The SMILES string of the molecule is O=P(O)(O)O.[AlH3].[Cu].[Fe].[LiH]. The van der Waals surface area contributed by atoms with E-state index < -0.39 is 7.82 Å². The van der Waals surface area contributed by atoms with Gasteiger partial charge in [-0.3, -0.25) is 0 Å². The van der Waals surface area contributed by atoms with Crippen molar-refractivity contribution >= 4 is 44.0 Å². The van der Waals surface area contributed by atoms with Crippen LogP contribution in [0, 0.1) is 0 Å². The van der Waals surface area contributed by atoms with Crippen LogP contribution in [-0.4, -0.2) is 50.9 Å². The molecule has 9 heavy (non-hydrogen) atoms. The Labute approximate surface area is 96.7 Å². The van der Waals surface area contributed by atoms with Gasteiger partial charge in [0.2, 0.25) is 0 Å². The van der Waals surface area contributed by atoms with Crippen molar-refractivity contribution in [3.05, 3.63) is 0 Å². The molecule has 0 rings (SSSR count). The minimum atomic E-state index is -4.64. The van der Waals surface area contributed by atoms with Gasteiger partial charge in [0.25, 0.3) is 0 Å². The molecule has 1 radical (unpaired) electrons. The summed E-state index contributed by atoms with van der Waals surface area (Å²) in [5, 5.41) is 0. The second-order valence-corrected chi connectivity index (χ2v) is 1.54. The van der Waals surface area contributed by atoms with Crippen LogP contribution in [0.15, 0.2) is 0 Å². The Morgan fingerprint density at radius 3 is 1.11 bits per heavy atom. The van der Waals surface area contributed by atoms with Crippen molar-refractivity contribution in [2.45, 2.75) is 0 Å². The Hall–Kier alpha value is 2.28. The van der Waals surface area contributed by atoms with Gasteiger partial charge in [-0.05, 0) is 0 Å². The van der Waals surface area contributed by atoms with E-state index in [-0.39, 0.29) is 70.4 Å². The van der Waals surface area contributed by atoms with Gasteiger partial charge in [0.1, 0.15) is 0 Å². The first-order chi connectivity index (χ1) is 2.00. The molecular formula is H7AlCuFeLiO4P. The second-order valence-electron chi connectivity index (χ2n) is 0.513. The molecular weight excluding hydrogens is 248 g/mol. The Kier molecular flexibility index (Phi) is 43.4. The topological polar surface area (TPSA) is 77.8 Å². The number of hydrogen-bond donors (Lipinski definition) is 3. The quantitative estimate of drug-likeness (QED) is 0.324. The normalized spacial score (nSPS) is 6.56. The molecule has 0 aromatic rings. The Balaban J connectivity index is -0.0000000133. The average Bonchev–Trinajstić information content (AvgIpc) is 0.722. The van der Waals surface area contributed by atoms with Gasteiger partial charge >= 0.3 is 26.7 Å². The first kappa shape index (κ1) is 30.2. The van der Waals surface area contributed by atoms with E-state index >= 15 is 0 Å². The monoisotopic (exact) mass is 255 g/mol. The zero-order valence-electron chi connectivity index (χ0n) is 2.85. The van der Waals surface area contributed by atoms with E-state index in [4.69, 9.17) is 19.2 Å². The molecule has 0 amide bonds. The third-order valence-electron chi connectivity index (χ3n) is 0. The molecule has 59 valence electrons. The molecule has 0 heterocycles. The van der Waals surface area contributed by atoms with Crippen LogP contribution in [0.1, 0.15) is 0 Å². The van der Waals surface area contributed by atoms with Crippen molar-refractivity contribution in [1.29, 1.82) is 0 Å². The van der Waals surface area contributed by atoms with Crippen molar-refractivity contribution in [1.82, 2.24) is 0 Å². The van der Waals surface area contributed by atoms with E-state index in [2.05, 4.69) is 0 Å². The van der Waals surface area contributed by atoms with Crippen molar-refractivity contribution in [2.24, 2.45) is 0 Å². The number of rotatable bonds is 0. The fraction of sp³-hybridized carbons (Fsp3) is 0. The molecule has 0 unspecified atom stereocenters. The van der Waals surface area contributed by atoms with E-state index in [9.17, 15) is 0 Å². The second kappa shape index (κ2) is 12.9. The molecule has 0 saturated carbocycles. The maximum absolute atomic E-state index is 8.88. The van der Waals surface area contributed by atoms with E-state index in [1.807, 2.05) is 0 Å². The Bertz CT molecular complexity index is 66.7. The fourth-order valence-electron chi connectivity index (χ4n) is 0. The molecule has 0 aromatic carbocycles. The zero-order chi connectivity index (χ0) is 4.50. The predicted octanol–water partition coefficient (Wildman–Crippen LogP) is -2.77. The molecule has 0 aliphatic carbocycles. The van der Waals surface area contributed by atoms with Crippen LogP contribution in [0.25, 0.3) is 0 Å². The summed E-state index contributed by atoms with van der Waals surface area (Å²) in [6.45, 7) is 0. The van der Waals surface area contributed by atoms with E-state index in [0.717, 1.165) is 0 Å². The van der Waals surface area contributed by atoms with Gasteiger partial charge in [0, 0.05) is 34.1 Å². The average molecular weight is 255 g/mol. The van der Waals surface area contributed by atoms with Crippen LogP contribution in [0.4, 0.5) is 0 Å². The summed E-state index contributed by atoms with van der Waals surface area (Å²) in [5.74, 6) is 0. The standard InChI is InChI=1S/Al.Cu.Fe.Li.H3O4P.4H/c;;;;1-5(2,3)4;;;;/h;;;;(H3,1,2,3,4);;;;. The summed E-state index contributed by atoms with van der Waals surface area (Å²) in [4.78, 5) is 21.6. The first-order valence-corrected chi connectivity index (χ1v) is 2.35. The minimum absolute atomic E-state index is 0. The predicted molar refractivity (Wildman–Crippen MR) is 31.4 cm³/mol. The van der Waals surface area contributed by atoms with Crippen molar-refractivity contribution < 1.29 is 53.4 Å². The van der Waals surface area contributed by atoms with Crippen LogP contribution in [0.5, 0.6) is 0 Å². The Morgan fingerprint density at radius 1 is 1.11 bits per heavy atom. The van der Waals surface area contributed by atoms with Gasteiger partial charge in [-0.15, -0.1) is 0 Å². The molecule has 0 atom stereocenters. The third kappa shape index (κ3) is 136.